The number of halogens is 3. The molecule has 4 heteroatoms. The zero-order valence-corrected chi connectivity index (χ0v) is 12.2. The molecule has 1 aromatic rings. The summed E-state index contributed by atoms with van der Waals surface area (Å²) in [6, 6.07) is 3.09. The SMILES string of the molecule is O=C(CC1=CCCCC1)c1ccc(Br)c(Cl)c1F. The highest BCUT2D eigenvalue weighted by Crippen LogP contribution is 2.29. The van der Waals surface area contributed by atoms with Gasteiger partial charge in [-0.05, 0) is 53.7 Å². The Balaban J connectivity index is 2.19. The van der Waals surface area contributed by atoms with Crippen molar-refractivity contribution in [3.63, 3.8) is 0 Å². The summed E-state index contributed by atoms with van der Waals surface area (Å²) < 4.78 is 14.3. The van der Waals surface area contributed by atoms with Gasteiger partial charge in [-0.1, -0.05) is 23.3 Å². The number of benzene rings is 1. The molecule has 1 nitrogen and oxygen atoms in total. The van der Waals surface area contributed by atoms with Gasteiger partial charge in [0.05, 0.1) is 10.6 Å². The third-order valence-electron chi connectivity index (χ3n) is 3.11. The molecule has 96 valence electrons. The van der Waals surface area contributed by atoms with E-state index in [0.717, 1.165) is 24.8 Å². The van der Waals surface area contributed by atoms with Gasteiger partial charge in [0.1, 0.15) is 0 Å². The molecule has 18 heavy (non-hydrogen) atoms. The van der Waals surface area contributed by atoms with Gasteiger partial charge >= 0.3 is 0 Å². The van der Waals surface area contributed by atoms with Crippen LogP contribution in [-0.4, -0.2) is 5.78 Å². The predicted molar refractivity (Wildman–Crippen MR) is 74.6 cm³/mol. The second-order valence-corrected chi connectivity index (χ2v) is 5.66. The van der Waals surface area contributed by atoms with E-state index in [1.807, 2.05) is 0 Å². The van der Waals surface area contributed by atoms with Crippen LogP contribution in [0.5, 0.6) is 0 Å². The largest absolute Gasteiger partial charge is 0.294 e. The van der Waals surface area contributed by atoms with Gasteiger partial charge in [-0.15, -0.1) is 0 Å². The molecule has 0 bridgehead atoms. The molecule has 0 amide bonds. The zero-order chi connectivity index (χ0) is 13.1. The van der Waals surface area contributed by atoms with E-state index in [1.165, 1.54) is 12.5 Å². The van der Waals surface area contributed by atoms with Crippen LogP contribution in [0.4, 0.5) is 4.39 Å². The normalized spacial score (nSPS) is 15.4. The molecular weight excluding hydrogens is 319 g/mol. The number of rotatable bonds is 3. The molecule has 1 aliphatic rings. The smallest absolute Gasteiger partial charge is 0.169 e. The van der Waals surface area contributed by atoms with Crippen molar-refractivity contribution in [3.8, 4) is 0 Å². The molecule has 0 N–H and O–H groups in total. The number of hydrogen-bond donors (Lipinski definition) is 0. The summed E-state index contributed by atoms with van der Waals surface area (Å²) >= 11 is 8.91. The van der Waals surface area contributed by atoms with Gasteiger partial charge in [0.25, 0.3) is 0 Å². The van der Waals surface area contributed by atoms with Crippen molar-refractivity contribution in [1.82, 2.24) is 0 Å². The summed E-state index contributed by atoms with van der Waals surface area (Å²) in [6.45, 7) is 0. The van der Waals surface area contributed by atoms with E-state index in [1.54, 1.807) is 6.07 Å². The lowest BCUT2D eigenvalue weighted by molar-refractivity contribution is 0.0987. The Hall–Kier alpha value is -0.670. The van der Waals surface area contributed by atoms with Crippen molar-refractivity contribution < 1.29 is 9.18 Å². The molecule has 0 aromatic heterocycles. The van der Waals surface area contributed by atoms with E-state index in [-0.39, 0.29) is 16.4 Å². The predicted octanol–water partition coefficient (Wildman–Crippen LogP) is 5.31. The Labute approximate surface area is 119 Å². The van der Waals surface area contributed by atoms with Gasteiger partial charge in [-0.25, -0.2) is 4.39 Å². The lowest BCUT2D eigenvalue weighted by atomic mass is 9.93. The molecule has 0 atom stereocenters. The number of allylic oxidation sites excluding steroid dienone is 2. The van der Waals surface area contributed by atoms with Crippen molar-refractivity contribution >= 4 is 33.3 Å². The fourth-order valence-electron chi connectivity index (χ4n) is 2.11. The quantitative estimate of drug-likeness (QED) is 0.416. The summed E-state index contributed by atoms with van der Waals surface area (Å²) in [5.74, 6) is -0.831. The van der Waals surface area contributed by atoms with Crippen LogP contribution in [0.25, 0.3) is 0 Å². The van der Waals surface area contributed by atoms with E-state index < -0.39 is 5.82 Å². The molecule has 0 aliphatic heterocycles. The second kappa shape index (κ2) is 5.98. The molecule has 1 aliphatic carbocycles. The molecule has 0 fully saturated rings. The molecule has 0 heterocycles. The van der Waals surface area contributed by atoms with E-state index >= 15 is 0 Å². The zero-order valence-electron chi connectivity index (χ0n) is 9.81. The molecule has 0 spiro atoms. The summed E-state index contributed by atoms with van der Waals surface area (Å²) in [7, 11) is 0. The summed E-state index contributed by atoms with van der Waals surface area (Å²) in [6.07, 6.45) is 6.65. The maximum atomic E-state index is 13.9. The number of carbonyl (C=O) groups is 1. The van der Waals surface area contributed by atoms with Crippen LogP contribution in [-0.2, 0) is 0 Å². The Kier molecular flexibility index (Phi) is 4.57. The van der Waals surface area contributed by atoms with Gasteiger partial charge in [0, 0.05) is 10.9 Å². The van der Waals surface area contributed by atoms with Gasteiger partial charge < -0.3 is 0 Å². The first-order valence-corrected chi connectivity index (χ1v) is 7.11. The Morgan fingerprint density at radius 3 is 2.83 bits per heavy atom. The van der Waals surface area contributed by atoms with Crippen LogP contribution in [0.3, 0.4) is 0 Å². The number of carbonyl (C=O) groups excluding carboxylic acids is 1. The minimum atomic E-state index is -0.632. The van der Waals surface area contributed by atoms with Crippen molar-refractivity contribution in [1.29, 1.82) is 0 Å². The Bertz CT molecular complexity index is 511. The molecule has 1 aromatic carbocycles. The topological polar surface area (TPSA) is 17.1 Å². The highest BCUT2D eigenvalue weighted by atomic mass is 79.9. The van der Waals surface area contributed by atoms with E-state index in [0.29, 0.717) is 10.9 Å². The summed E-state index contributed by atoms with van der Waals surface area (Å²) in [4.78, 5) is 12.0. The van der Waals surface area contributed by atoms with Crippen molar-refractivity contribution in [2.45, 2.75) is 32.1 Å². The van der Waals surface area contributed by atoms with Crippen molar-refractivity contribution in [2.75, 3.05) is 0 Å². The first-order valence-electron chi connectivity index (χ1n) is 5.94. The molecule has 0 unspecified atom stereocenters. The number of ketones is 1. The number of Topliss-reactive ketones (excluding diaryl/α,β-unsaturated/α-hetero) is 1. The first-order chi connectivity index (χ1) is 8.59. The van der Waals surface area contributed by atoms with Gasteiger partial charge in [-0.2, -0.15) is 0 Å². The fraction of sp³-hybridized carbons (Fsp3) is 0.357. The van der Waals surface area contributed by atoms with Crippen LogP contribution in [0, 0.1) is 5.82 Å². The van der Waals surface area contributed by atoms with E-state index in [2.05, 4.69) is 22.0 Å². The lowest BCUT2D eigenvalue weighted by Gasteiger charge is -2.12. The summed E-state index contributed by atoms with van der Waals surface area (Å²) in [5, 5.41) is -0.0292. The average Bonchev–Trinajstić information content (AvgIpc) is 2.37. The molecule has 0 saturated carbocycles. The van der Waals surface area contributed by atoms with E-state index in [9.17, 15) is 9.18 Å². The van der Waals surface area contributed by atoms with Crippen molar-refractivity contribution in [2.24, 2.45) is 0 Å². The van der Waals surface area contributed by atoms with Crippen LogP contribution in [0.15, 0.2) is 28.3 Å². The third kappa shape index (κ3) is 3.01. The number of hydrogen-bond acceptors (Lipinski definition) is 1. The molecular formula is C14H13BrClFO. The first kappa shape index (κ1) is 13.8. The van der Waals surface area contributed by atoms with Crippen LogP contribution in [0.2, 0.25) is 5.02 Å². The maximum Gasteiger partial charge on any atom is 0.169 e. The highest BCUT2D eigenvalue weighted by Gasteiger charge is 2.18. The third-order valence-corrected chi connectivity index (χ3v) is 4.37. The summed E-state index contributed by atoms with van der Waals surface area (Å²) in [5.41, 5.74) is 1.19. The van der Waals surface area contributed by atoms with Crippen LogP contribution >= 0.6 is 27.5 Å². The monoisotopic (exact) mass is 330 g/mol. The van der Waals surface area contributed by atoms with E-state index in [4.69, 9.17) is 11.6 Å². The minimum absolute atomic E-state index is 0.0292. The maximum absolute atomic E-state index is 13.9. The minimum Gasteiger partial charge on any atom is -0.294 e. The van der Waals surface area contributed by atoms with Gasteiger partial charge in [0.2, 0.25) is 0 Å². The fourth-order valence-corrected chi connectivity index (χ4v) is 2.58. The molecule has 0 saturated heterocycles. The van der Waals surface area contributed by atoms with Crippen molar-refractivity contribution in [3.05, 3.63) is 44.7 Å². The second-order valence-electron chi connectivity index (χ2n) is 4.43. The standard InChI is InChI=1S/C14H13BrClFO/c15-11-7-6-10(14(17)13(11)16)12(18)8-9-4-2-1-3-5-9/h4,6-7H,1-3,5,8H2. The van der Waals surface area contributed by atoms with Gasteiger partial charge in [-0.3, -0.25) is 4.79 Å². The Morgan fingerprint density at radius 2 is 2.17 bits per heavy atom. The highest BCUT2D eigenvalue weighted by molar-refractivity contribution is 9.10. The van der Waals surface area contributed by atoms with Gasteiger partial charge in [0.15, 0.2) is 11.6 Å². The molecule has 0 radical (unpaired) electrons. The molecule has 2 rings (SSSR count). The lowest BCUT2D eigenvalue weighted by Crippen LogP contribution is -2.06. The van der Waals surface area contributed by atoms with Crippen LogP contribution in [0.1, 0.15) is 42.5 Å². The Morgan fingerprint density at radius 1 is 1.39 bits per heavy atom. The average molecular weight is 332 g/mol. The van der Waals surface area contributed by atoms with Crippen LogP contribution < -0.4 is 0 Å².